The fraction of sp³-hybridized carbons (Fsp3) is 0.360. The van der Waals surface area contributed by atoms with E-state index < -0.39 is 17.7 Å². The van der Waals surface area contributed by atoms with Gasteiger partial charge in [-0.15, -0.1) is 0 Å². The molecule has 0 aromatic heterocycles. The molecule has 0 aliphatic carbocycles. The third-order valence-electron chi connectivity index (χ3n) is 5.24. The third-order valence-corrected chi connectivity index (χ3v) is 5.24. The van der Waals surface area contributed by atoms with E-state index in [1.807, 2.05) is 56.3 Å². The minimum atomic E-state index is -0.660. The Morgan fingerprint density at radius 3 is 2.52 bits per heavy atom. The smallest absolute Gasteiger partial charge is 0.295 e. The zero-order valence-electron chi connectivity index (χ0n) is 18.4. The van der Waals surface area contributed by atoms with Crippen molar-refractivity contribution in [1.29, 1.82) is 0 Å². The van der Waals surface area contributed by atoms with Crippen molar-refractivity contribution in [3.05, 3.63) is 71.3 Å². The van der Waals surface area contributed by atoms with Crippen LogP contribution in [0, 0.1) is 0 Å². The summed E-state index contributed by atoms with van der Waals surface area (Å²) >= 11 is 0. The number of Topliss-reactive ketones (excluding diaryl/α,β-unsaturated/α-hetero) is 1. The van der Waals surface area contributed by atoms with Gasteiger partial charge in [-0.25, -0.2) is 0 Å². The Balaban J connectivity index is 2.06. The van der Waals surface area contributed by atoms with E-state index in [1.165, 1.54) is 0 Å². The lowest BCUT2D eigenvalue weighted by Crippen LogP contribution is -2.32. The second-order valence-electron chi connectivity index (χ2n) is 7.94. The molecule has 6 nitrogen and oxygen atoms in total. The van der Waals surface area contributed by atoms with E-state index in [-0.39, 0.29) is 11.3 Å². The zero-order chi connectivity index (χ0) is 22.4. The Morgan fingerprint density at radius 1 is 1.10 bits per heavy atom. The van der Waals surface area contributed by atoms with E-state index >= 15 is 0 Å². The quantitative estimate of drug-likeness (QED) is 0.378. The highest BCUT2D eigenvalue weighted by molar-refractivity contribution is 6.46. The summed E-state index contributed by atoms with van der Waals surface area (Å²) in [5.74, 6) is -0.714. The average Bonchev–Trinajstić information content (AvgIpc) is 3.03. The van der Waals surface area contributed by atoms with Gasteiger partial charge in [0.25, 0.3) is 11.7 Å². The molecule has 1 saturated heterocycles. The van der Waals surface area contributed by atoms with E-state index in [2.05, 4.69) is 0 Å². The number of likely N-dealkylation sites (tertiary alicyclic amines) is 1. The minimum Gasteiger partial charge on any atom is -0.507 e. The Labute approximate surface area is 183 Å². The highest BCUT2D eigenvalue weighted by Crippen LogP contribution is 2.40. The van der Waals surface area contributed by atoms with Gasteiger partial charge >= 0.3 is 0 Å². The van der Waals surface area contributed by atoms with Crippen LogP contribution in [0.5, 0.6) is 5.75 Å². The SMILES string of the molecule is CCCOc1cccc([C@@H]2/C(=C(\O)c3ccccc3)C(=O)C(=O)N2CCCN(C)C)c1. The van der Waals surface area contributed by atoms with Gasteiger partial charge in [-0.05, 0) is 51.2 Å². The molecule has 1 aliphatic rings. The van der Waals surface area contributed by atoms with E-state index in [9.17, 15) is 14.7 Å². The number of carbonyl (C=O) groups is 2. The molecule has 0 saturated carbocycles. The number of hydrogen-bond donors (Lipinski definition) is 1. The van der Waals surface area contributed by atoms with Gasteiger partial charge < -0.3 is 19.6 Å². The topological polar surface area (TPSA) is 70.1 Å². The molecule has 1 heterocycles. The fourth-order valence-electron chi connectivity index (χ4n) is 3.76. The number of hydrogen-bond acceptors (Lipinski definition) is 5. The van der Waals surface area contributed by atoms with Crippen molar-refractivity contribution in [2.45, 2.75) is 25.8 Å². The number of aliphatic hydroxyl groups excluding tert-OH is 1. The molecule has 31 heavy (non-hydrogen) atoms. The number of nitrogens with zero attached hydrogens (tertiary/aromatic N) is 2. The number of aliphatic hydroxyl groups is 1. The Bertz CT molecular complexity index is 953. The number of rotatable bonds is 9. The van der Waals surface area contributed by atoms with Crippen LogP contribution < -0.4 is 4.74 Å². The zero-order valence-corrected chi connectivity index (χ0v) is 18.4. The van der Waals surface area contributed by atoms with E-state index in [1.54, 1.807) is 29.2 Å². The summed E-state index contributed by atoms with van der Waals surface area (Å²) in [7, 11) is 3.94. The molecule has 164 valence electrons. The van der Waals surface area contributed by atoms with Crippen molar-refractivity contribution < 1.29 is 19.4 Å². The molecule has 6 heteroatoms. The van der Waals surface area contributed by atoms with E-state index in [0.717, 1.165) is 18.5 Å². The molecule has 1 amide bonds. The monoisotopic (exact) mass is 422 g/mol. The predicted octanol–water partition coefficient (Wildman–Crippen LogP) is 3.85. The molecule has 0 unspecified atom stereocenters. The second kappa shape index (κ2) is 10.3. The molecule has 0 spiro atoms. The predicted molar refractivity (Wildman–Crippen MR) is 121 cm³/mol. The second-order valence-corrected chi connectivity index (χ2v) is 7.94. The molecule has 1 N–H and O–H groups in total. The molecule has 1 fully saturated rings. The molecule has 1 atom stereocenters. The molecule has 2 aromatic carbocycles. The van der Waals surface area contributed by atoms with Crippen LogP contribution in [-0.2, 0) is 9.59 Å². The lowest BCUT2D eigenvalue weighted by atomic mass is 9.95. The lowest BCUT2D eigenvalue weighted by molar-refractivity contribution is -0.139. The van der Waals surface area contributed by atoms with Crippen LogP contribution in [0.1, 0.15) is 36.9 Å². The van der Waals surface area contributed by atoms with Gasteiger partial charge in [0, 0.05) is 12.1 Å². The summed E-state index contributed by atoms with van der Waals surface area (Å²) in [6.07, 6.45) is 1.59. The highest BCUT2D eigenvalue weighted by Gasteiger charge is 2.45. The number of benzene rings is 2. The van der Waals surface area contributed by atoms with Crippen LogP contribution in [0.15, 0.2) is 60.2 Å². The van der Waals surface area contributed by atoms with Crippen molar-refractivity contribution in [3.8, 4) is 5.75 Å². The summed E-state index contributed by atoms with van der Waals surface area (Å²) in [5.41, 5.74) is 1.38. The van der Waals surface area contributed by atoms with Crippen LogP contribution in [-0.4, -0.2) is 60.4 Å². The molecular formula is C25H30N2O4. The van der Waals surface area contributed by atoms with Gasteiger partial charge in [-0.2, -0.15) is 0 Å². The molecule has 1 aliphatic heterocycles. The van der Waals surface area contributed by atoms with Crippen LogP contribution in [0.25, 0.3) is 5.76 Å². The number of ether oxygens (including phenoxy) is 1. The van der Waals surface area contributed by atoms with Crippen LogP contribution in [0.3, 0.4) is 0 Å². The average molecular weight is 423 g/mol. The molecular weight excluding hydrogens is 392 g/mol. The summed E-state index contributed by atoms with van der Waals surface area (Å²) in [6.45, 7) is 3.81. The first-order valence-corrected chi connectivity index (χ1v) is 10.6. The summed E-state index contributed by atoms with van der Waals surface area (Å²) in [6, 6.07) is 15.6. The Morgan fingerprint density at radius 2 is 1.84 bits per heavy atom. The number of amides is 1. The summed E-state index contributed by atoms with van der Waals surface area (Å²) in [4.78, 5) is 29.6. The maximum atomic E-state index is 13.0. The van der Waals surface area contributed by atoms with Crippen molar-refractivity contribution in [3.63, 3.8) is 0 Å². The molecule has 2 aromatic rings. The fourth-order valence-corrected chi connectivity index (χ4v) is 3.76. The van der Waals surface area contributed by atoms with E-state index in [0.29, 0.717) is 30.9 Å². The Hall–Kier alpha value is -3.12. The Kier molecular flexibility index (Phi) is 7.47. The standard InChI is InChI=1S/C25H30N2O4/c1-4-16-31-20-13-8-12-19(17-20)22-21(23(28)18-10-6-5-7-11-18)24(29)25(30)27(22)15-9-14-26(2)3/h5-8,10-13,17,22,28H,4,9,14-16H2,1-3H3/b23-21+/t22-/m1/s1. The largest absolute Gasteiger partial charge is 0.507 e. The minimum absolute atomic E-state index is 0.119. The molecule has 3 rings (SSSR count). The highest BCUT2D eigenvalue weighted by atomic mass is 16.5. The first-order chi connectivity index (χ1) is 14.9. The first-order valence-electron chi connectivity index (χ1n) is 10.6. The first kappa shape index (κ1) is 22.6. The molecule has 0 bridgehead atoms. The lowest BCUT2D eigenvalue weighted by Gasteiger charge is -2.26. The summed E-state index contributed by atoms with van der Waals surface area (Å²) in [5, 5.41) is 11.0. The maximum Gasteiger partial charge on any atom is 0.295 e. The normalized spacial score (nSPS) is 18.1. The molecule has 0 radical (unpaired) electrons. The van der Waals surface area contributed by atoms with Crippen LogP contribution in [0.4, 0.5) is 0 Å². The van der Waals surface area contributed by atoms with E-state index in [4.69, 9.17) is 4.74 Å². The van der Waals surface area contributed by atoms with Gasteiger partial charge in [0.1, 0.15) is 11.5 Å². The maximum absolute atomic E-state index is 13.0. The van der Waals surface area contributed by atoms with Crippen molar-refractivity contribution in [1.82, 2.24) is 9.80 Å². The summed E-state index contributed by atoms with van der Waals surface area (Å²) < 4.78 is 5.76. The van der Waals surface area contributed by atoms with Crippen molar-refractivity contribution >= 4 is 17.4 Å². The van der Waals surface area contributed by atoms with Gasteiger partial charge in [0.05, 0.1) is 18.2 Å². The third kappa shape index (κ3) is 5.14. The number of ketones is 1. The van der Waals surface area contributed by atoms with Crippen LogP contribution in [0.2, 0.25) is 0 Å². The van der Waals surface area contributed by atoms with Gasteiger partial charge in [0.2, 0.25) is 0 Å². The van der Waals surface area contributed by atoms with Crippen LogP contribution >= 0.6 is 0 Å². The van der Waals surface area contributed by atoms with Crippen molar-refractivity contribution in [2.24, 2.45) is 0 Å². The van der Waals surface area contributed by atoms with Gasteiger partial charge in [-0.3, -0.25) is 9.59 Å². The van der Waals surface area contributed by atoms with Gasteiger partial charge in [0.15, 0.2) is 0 Å². The number of carbonyl (C=O) groups excluding carboxylic acids is 2. The van der Waals surface area contributed by atoms with Gasteiger partial charge in [-0.1, -0.05) is 49.4 Å². The van der Waals surface area contributed by atoms with Crippen molar-refractivity contribution in [2.75, 3.05) is 33.8 Å².